The first kappa shape index (κ1) is 20.1. The van der Waals surface area contributed by atoms with Crippen LogP contribution < -0.4 is 9.47 Å². The molecule has 0 aliphatic heterocycles. The molecule has 0 aliphatic rings. The fourth-order valence-electron chi connectivity index (χ4n) is 2.76. The number of hydrogen-bond donors (Lipinski definition) is 0. The number of methoxy groups -OCH3 is 1. The number of benzene rings is 1. The molecule has 2 aromatic heterocycles. The van der Waals surface area contributed by atoms with Gasteiger partial charge in [-0.05, 0) is 23.3 Å². The van der Waals surface area contributed by atoms with Crippen molar-refractivity contribution in [2.75, 3.05) is 7.11 Å². The average molecular weight is 408 g/mol. The molecule has 0 saturated carbocycles. The molecule has 8 heteroatoms. The van der Waals surface area contributed by atoms with Gasteiger partial charge in [-0.25, -0.2) is 14.4 Å². The molecular weight excluding hydrogens is 389 g/mol. The minimum absolute atomic E-state index is 0.176. The highest BCUT2D eigenvalue weighted by atomic mass is 32.1. The fraction of sp³-hybridized carbons (Fsp3) is 0.300. The molecule has 0 radical (unpaired) electrons. The van der Waals surface area contributed by atoms with E-state index in [9.17, 15) is 8.78 Å². The average Bonchev–Trinajstić information content (AvgIpc) is 3.12. The fourth-order valence-corrected chi connectivity index (χ4v) is 3.70. The maximum absolute atomic E-state index is 15.3. The Morgan fingerprint density at radius 3 is 2.57 bits per heavy atom. The van der Waals surface area contributed by atoms with Crippen LogP contribution in [0.4, 0.5) is 13.2 Å². The Kier molecular flexibility index (Phi) is 6.18. The van der Waals surface area contributed by atoms with Gasteiger partial charge < -0.3 is 9.47 Å². The number of ether oxygens (including phenoxy) is 2. The minimum Gasteiger partial charge on any atom is -0.496 e. The van der Waals surface area contributed by atoms with Crippen LogP contribution in [0.15, 0.2) is 36.7 Å². The van der Waals surface area contributed by atoms with Gasteiger partial charge in [-0.2, -0.15) is 8.78 Å². The SMILES string of the molecule is COc1ccc(Cc2cnc(C(C)C)s2)c(F)c1-c1ccnc(OC(F)F)c1. The Hall–Kier alpha value is -2.61. The highest BCUT2D eigenvalue weighted by molar-refractivity contribution is 7.11. The van der Waals surface area contributed by atoms with Crippen molar-refractivity contribution in [3.8, 4) is 22.8 Å². The van der Waals surface area contributed by atoms with Crippen molar-refractivity contribution >= 4 is 11.3 Å². The summed E-state index contributed by atoms with van der Waals surface area (Å²) < 4.78 is 49.9. The van der Waals surface area contributed by atoms with Gasteiger partial charge in [0.2, 0.25) is 5.88 Å². The number of halogens is 3. The molecule has 0 unspecified atom stereocenters. The van der Waals surface area contributed by atoms with E-state index in [0.717, 1.165) is 9.88 Å². The summed E-state index contributed by atoms with van der Waals surface area (Å²) in [7, 11) is 1.42. The van der Waals surface area contributed by atoms with Crippen LogP contribution in [0.3, 0.4) is 0 Å². The van der Waals surface area contributed by atoms with Crippen LogP contribution in [-0.2, 0) is 6.42 Å². The third-order valence-electron chi connectivity index (χ3n) is 4.07. The number of nitrogens with zero attached hydrogens (tertiary/aromatic N) is 2. The smallest absolute Gasteiger partial charge is 0.388 e. The van der Waals surface area contributed by atoms with Crippen molar-refractivity contribution in [3.63, 3.8) is 0 Å². The topological polar surface area (TPSA) is 44.2 Å². The lowest BCUT2D eigenvalue weighted by atomic mass is 10.00. The zero-order chi connectivity index (χ0) is 20.3. The van der Waals surface area contributed by atoms with Gasteiger partial charge in [-0.1, -0.05) is 19.9 Å². The summed E-state index contributed by atoms with van der Waals surface area (Å²) in [5.74, 6) is -0.167. The van der Waals surface area contributed by atoms with Gasteiger partial charge in [-0.15, -0.1) is 11.3 Å². The van der Waals surface area contributed by atoms with E-state index >= 15 is 4.39 Å². The second-order valence-electron chi connectivity index (χ2n) is 6.37. The molecule has 0 saturated heterocycles. The van der Waals surface area contributed by atoms with E-state index < -0.39 is 12.4 Å². The Morgan fingerprint density at radius 1 is 1.14 bits per heavy atom. The molecule has 2 heterocycles. The predicted octanol–water partition coefficient (Wildman–Crippen LogP) is 5.67. The number of rotatable bonds is 7. The molecular formula is C20H19F3N2O2S. The molecule has 0 amide bonds. The molecule has 0 aliphatic carbocycles. The molecule has 28 heavy (non-hydrogen) atoms. The van der Waals surface area contributed by atoms with Gasteiger partial charge >= 0.3 is 6.61 Å². The van der Waals surface area contributed by atoms with Crippen molar-refractivity contribution in [1.82, 2.24) is 9.97 Å². The lowest BCUT2D eigenvalue weighted by molar-refractivity contribution is -0.0528. The summed E-state index contributed by atoms with van der Waals surface area (Å²) >= 11 is 1.54. The summed E-state index contributed by atoms with van der Waals surface area (Å²) in [5, 5.41) is 0.993. The monoisotopic (exact) mass is 408 g/mol. The quantitative estimate of drug-likeness (QED) is 0.505. The predicted molar refractivity (Wildman–Crippen MR) is 102 cm³/mol. The van der Waals surface area contributed by atoms with Crippen LogP contribution >= 0.6 is 11.3 Å². The Labute approximate surface area is 165 Å². The molecule has 1 aromatic carbocycles. The summed E-state index contributed by atoms with van der Waals surface area (Å²) in [4.78, 5) is 9.04. The number of hydrogen-bond acceptors (Lipinski definition) is 5. The summed E-state index contributed by atoms with van der Waals surface area (Å²) in [5.41, 5.74) is 0.979. The normalized spacial score (nSPS) is 11.3. The van der Waals surface area contributed by atoms with Crippen LogP contribution in [0.25, 0.3) is 11.1 Å². The number of pyridine rings is 1. The van der Waals surface area contributed by atoms with Gasteiger partial charge in [0.1, 0.15) is 11.6 Å². The minimum atomic E-state index is -3.01. The van der Waals surface area contributed by atoms with Crippen molar-refractivity contribution in [2.24, 2.45) is 0 Å². The second-order valence-corrected chi connectivity index (χ2v) is 7.52. The number of alkyl halides is 2. The van der Waals surface area contributed by atoms with Gasteiger partial charge in [-0.3, -0.25) is 0 Å². The number of aromatic nitrogens is 2. The van der Waals surface area contributed by atoms with E-state index in [-0.39, 0.29) is 11.4 Å². The van der Waals surface area contributed by atoms with Gasteiger partial charge in [0, 0.05) is 35.7 Å². The molecule has 0 N–H and O–H groups in total. The van der Waals surface area contributed by atoms with E-state index in [4.69, 9.17) is 4.74 Å². The van der Waals surface area contributed by atoms with Gasteiger partial charge in [0.05, 0.1) is 17.7 Å². The second kappa shape index (κ2) is 8.60. The van der Waals surface area contributed by atoms with E-state index in [2.05, 4.69) is 28.6 Å². The van der Waals surface area contributed by atoms with Crippen LogP contribution in [0, 0.1) is 5.82 Å². The highest BCUT2D eigenvalue weighted by Crippen LogP contribution is 2.36. The third-order valence-corrected chi connectivity index (χ3v) is 5.36. The van der Waals surface area contributed by atoms with Crippen LogP contribution in [0.2, 0.25) is 0 Å². The largest absolute Gasteiger partial charge is 0.496 e. The van der Waals surface area contributed by atoms with Crippen molar-refractivity contribution in [1.29, 1.82) is 0 Å². The van der Waals surface area contributed by atoms with Crippen LogP contribution in [-0.4, -0.2) is 23.7 Å². The van der Waals surface area contributed by atoms with Crippen molar-refractivity contribution in [3.05, 3.63) is 57.9 Å². The van der Waals surface area contributed by atoms with E-state index in [1.54, 1.807) is 29.7 Å². The lowest BCUT2D eigenvalue weighted by Crippen LogP contribution is -2.04. The first-order chi connectivity index (χ1) is 13.4. The molecule has 148 valence electrons. The third kappa shape index (κ3) is 4.44. The molecule has 4 nitrogen and oxygen atoms in total. The maximum atomic E-state index is 15.3. The first-order valence-electron chi connectivity index (χ1n) is 8.60. The Balaban J connectivity index is 2.00. The molecule has 0 atom stereocenters. The molecule has 3 aromatic rings. The zero-order valence-electron chi connectivity index (χ0n) is 15.6. The first-order valence-corrected chi connectivity index (χ1v) is 9.42. The van der Waals surface area contributed by atoms with Crippen LogP contribution in [0.1, 0.15) is 35.2 Å². The van der Waals surface area contributed by atoms with E-state index in [1.165, 1.54) is 25.4 Å². The molecule has 0 bridgehead atoms. The maximum Gasteiger partial charge on any atom is 0.388 e. The molecule has 0 fully saturated rings. The standard InChI is InChI=1S/C20H19F3N2O2S/c1-11(2)19-25-10-14(28-19)8-13-4-5-15(26-3)17(18(13)21)12-6-7-24-16(9-12)27-20(22)23/h4-7,9-11,20H,8H2,1-3H3. The van der Waals surface area contributed by atoms with Crippen LogP contribution in [0.5, 0.6) is 11.6 Å². The zero-order valence-corrected chi connectivity index (χ0v) is 16.4. The van der Waals surface area contributed by atoms with E-state index in [0.29, 0.717) is 29.2 Å². The molecule has 3 rings (SSSR count). The summed E-state index contributed by atoms with van der Waals surface area (Å²) in [6.07, 6.45) is 3.42. The van der Waals surface area contributed by atoms with Crippen molar-refractivity contribution in [2.45, 2.75) is 32.8 Å². The van der Waals surface area contributed by atoms with Gasteiger partial charge in [0.15, 0.2) is 0 Å². The summed E-state index contributed by atoms with van der Waals surface area (Å²) in [6.45, 7) is 1.09. The number of thiazole rings is 1. The van der Waals surface area contributed by atoms with Crippen molar-refractivity contribution < 1.29 is 22.6 Å². The van der Waals surface area contributed by atoms with Gasteiger partial charge in [0.25, 0.3) is 0 Å². The van der Waals surface area contributed by atoms with E-state index in [1.807, 2.05) is 0 Å². The lowest BCUT2D eigenvalue weighted by Gasteiger charge is -2.14. The summed E-state index contributed by atoms with van der Waals surface area (Å²) in [6, 6.07) is 6.10. The highest BCUT2D eigenvalue weighted by Gasteiger charge is 2.19. The Bertz CT molecular complexity index is 960. The Morgan fingerprint density at radius 2 is 1.93 bits per heavy atom. The molecule has 0 spiro atoms.